The molecule has 3 N–H and O–H groups in total. The van der Waals surface area contributed by atoms with Crippen LogP contribution in [0.15, 0.2) is 12.3 Å². The summed E-state index contributed by atoms with van der Waals surface area (Å²) in [7, 11) is 0. The summed E-state index contributed by atoms with van der Waals surface area (Å²) in [6.45, 7) is 3.49. The Morgan fingerprint density at radius 2 is 2.26 bits per heavy atom. The number of rotatable bonds is 6. The molecule has 0 aromatic carbocycles. The third kappa shape index (κ3) is 4.06. The molecule has 1 aromatic rings. The van der Waals surface area contributed by atoms with Crippen molar-refractivity contribution in [2.45, 2.75) is 45.1 Å². The summed E-state index contributed by atoms with van der Waals surface area (Å²) in [4.78, 5) is 8.66. The number of nitrogens with zero attached hydrogens (tertiary/aromatic N) is 2. The molecule has 1 aliphatic rings. The summed E-state index contributed by atoms with van der Waals surface area (Å²) in [6.07, 6.45) is 7.58. The van der Waals surface area contributed by atoms with Gasteiger partial charge in [-0.25, -0.2) is 4.98 Å². The minimum atomic E-state index is 0.389. The first kappa shape index (κ1) is 14.1. The SMILES string of the molecule is CCCOc1ccnc(NC2CCCCC2CN)n1. The molecule has 2 rings (SSSR count). The fourth-order valence-corrected chi connectivity index (χ4v) is 2.54. The van der Waals surface area contributed by atoms with Gasteiger partial charge in [-0.3, -0.25) is 0 Å². The zero-order valence-corrected chi connectivity index (χ0v) is 11.6. The van der Waals surface area contributed by atoms with Crippen molar-refractivity contribution in [1.29, 1.82) is 0 Å². The molecule has 19 heavy (non-hydrogen) atoms. The lowest BCUT2D eigenvalue weighted by Crippen LogP contribution is -2.37. The van der Waals surface area contributed by atoms with Crippen LogP contribution < -0.4 is 15.8 Å². The van der Waals surface area contributed by atoms with Crippen molar-refractivity contribution in [3.8, 4) is 5.88 Å². The number of hydrogen-bond donors (Lipinski definition) is 2. The van der Waals surface area contributed by atoms with E-state index in [0.29, 0.717) is 30.4 Å². The molecule has 1 heterocycles. The summed E-state index contributed by atoms with van der Waals surface area (Å²) in [5, 5.41) is 3.42. The molecular formula is C14H24N4O. The third-order valence-corrected chi connectivity index (χ3v) is 3.61. The van der Waals surface area contributed by atoms with Gasteiger partial charge >= 0.3 is 0 Å². The fourth-order valence-electron chi connectivity index (χ4n) is 2.54. The molecular weight excluding hydrogens is 240 g/mol. The number of anilines is 1. The van der Waals surface area contributed by atoms with Crippen molar-refractivity contribution in [3.63, 3.8) is 0 Å². The highest BCUT2D eigenvalue weighted by atomic mass is 16.5. The zero-order chi connectivity index (χ0) is 13.5. The van der Waals surface area contributed by atoms with Crippen LogP contribution in [0.1, 0.15) is 39.0 Å². The molecule has 5 nitrogen and oxygen atoms in total. The van der Waals surface area contributed by atoms with Gasteiger partial charge in [0.2, 0.25) is 11.8 Å². The van der Waals surface area contributed by atoms with Crippen LogP contribution in [-0.4, -0.2) is 29.2 Å². The topological polar surface area (TPSA) is 73.1 Å². The average Bonchev–Trinajstić information content (AvgIpc) is 2.46. The van der Waals surface area contributed by atoms with Crippen molar-refractivity contribution >= 4 is 5.95 Å². The third-order valence-electron chi connectivity index (χ3n) is 3.61. The van der Waals surface area contributed by atoms with Gasteiger partial charge in [0.25, 0.3) is 0 Å². The quantitative estimate of drug-likeness (QED) is 0.824. The Kier molecular flexibility index (Phi) is 5.39. The molecule has 1 aliphatic carbocycles. The Hall–Kier alpha value is -1.36. The van der Waals surface area contributed by atoms with Crippen LogP contribution in [-0.2, 0) is 0 Å². The summed E-state index contributed by atoms with van der Waals surface area (Å²) in [6, 6.07) is 2.18. The molecule has 2 atom stereocenters. The highest BCUT2D eigenvalue weighted by Crippen LogP contribution is 2.25. The lowest BCUT2D eigenvalue weighted by Gasteiger charge is -2.31. The molecule has 0 aliphatic heterocycles. The second kappa shape index (κ2) is 7.28. The van der Waals surface area contributed by atoms with E-state index >= 15 is 0 Å². The summed E-state index contributed by atoms with van der Waals surface area (Å²) in [5.41, 5.74) is 5.84. The van der Waals surface area contributed by atoms with E-state index in [0.717, 1.165) is 19.4 Å². The predicted octanol–water partition coefficient (Wildman–Crippen LogP) is 2.19. The lowest BCUT2D eigenvalue weighted by molar-refractivity contribution is 0.304. The van der Waals surface area contributed by atoms with Gasteiger partial charge < -0.3 is 15.8 Å². The van der Waals surface area contributed by atoms with E-state index in [1.165, 1.54) is 19.3 Å². The van der Waals surface area contributed by atoms with Crippen LogP contribution in [0.25, 0.3) is 0 Å². The Bertz CT molecular complexity index is 385. The number of aromatic nitrogens is 2. The van der Waals surface area contributed by atoms with Gasteiger partial charge in [0.1, 0.15) is 0 Å². The van der Waals surface area contributed by atoms with Gasteiger partial charge in [0, 0.05) is 18.3 Å². The molecule has 2 unspecified atom stereocenters. The number of nitrogens with two attached hydrogens (primary N) is 1. The maximum Gasteiger partial charge on any atom is 0.226 e. The van der Waals surface area contributed by atoms with E-state index in [1.54, 1.807) is 12.3 Å². The largest absolute Gasteiger partial charge is 0.478 e. The number of nitrogens with one attached hydrogen (secondary N) is 1. The van der Waals surface area contributed by atoms with Crippen molar-refractivity contribution in [1.82, 2.24) is 9.97 Å². The fraction of sp³-hybridized carbons (Fsp3) is 0.714. The molecule has 5 heteroatoms. The minimum Gasteiger partial charge on any atom is -0.478 e. The van der Waals surface area contributed by atoms with Gasteiger partial charge in [-0.1, -0.05) is 19.8 Å². The first-order valence-electron chi connectivity index (χ1n) is 7.26. The predicted molar refractivity (Wildman–Crippen MR) is 76.2 cm³/mol. The molecule has 1 saturated carbocycles. The van der Waals surface area contributed by atoms with Crippen molar-refractivity contribution < 1.29 is 4.74 Å². The first-order valence-corrected chi connectivity index (χ1v) is 7.26. The van der Waals surface area contributed by atoms with Crippen LogP contribution in [0.3, 0.4) is 0 Å². The highest BCUT2D eigenvalue weighted by molar-refractivity contribution is 5.29. The maximum absolute atomic E-state index is 5.84. The standard InChI is InChI=1S/C14H24N4O/c1-2-9-19-13-7-8-16-14(18-13)17-12-6-4-3-5-11(12)10-15/h7-8,11-12H,2-6,9-10,15H2,1H3,(H,16,17,18). The second-order valence-electron chi connectivity index (χ2n) is 5.10. The van der Waals surface area contributed by atoms with Crippen LogP contribution in [0.5, 0.6) is 5.88 Å². The van der Waals surface area contributed by atoms with E-state index in [-0.39, 0.29) is 0 Å². The molecule has 0 saturated heterocycles. The second-order valence-corrected chi connectivity index (χ2v) is 5.10. The summed E-state index contributed by atoms with van der Waals surface area (Å²) in [5.74, 6) is 1.82. The van der Waals surface area contributed by atoms with E-state index in [9.17, 15) is 0 Å². The van der Waals surface area contributed by atoms with E-state index in [1.807, 2.05) is 0 Å². The number of ether oxygens (including phenoxy) is 1. The van der Waals surface area contributed by atoms with Gasteiger partial charge in [-0.15, -0.1) is 0 Å². The van der Waals surface area contributed by atoms with Crippen LogP contribution >= 0.6 is 0 Å². The zero-order valence-electron chi connectivity index (χ0n) is 11.6. The molecule has 1 aromatic heterocycles. The van der Waals surface area contributed by atoms with Gasteiger partial charge in [0.15, 0.2) is 0 Å². The highest BCUT2D eigenvalue weighted by Gasteiger charge is 2.24. The summed E-state index contributed by atoms with van der Waals surface area (Å²) < 4.78 is 5.52. The number of hydrogen-bond acceptors (Lipinski definition) is 5. The monoisotopic (exact) mass is 264 g/mol. The molecule has 1 fully saturated rings. The van der Waals surface area contributed by atoms with Crippen molar-refractivity contribution in [3.05, 3.63) is 12.3 Å². The van der Waals surface area contributed by atoms with Crippen molar-refractivity contribution in [2.75, 3.05) is 18.5 Å². The molecule has 0 radical (unpaired) electrons. The van der Waals surface area contributed by atoms with Crippen LogP contribution in [0.4, 0.5) is 5.95 Å². The minimum absolute atomic E-state index is 0.389. The van der Waals surface area contributed by atoms with Gasteiger partial charge in [-0.2, -0.15) is 4.98 Å². The van der Waals surface area contributed by atoms with E-state index in [4.69, 9.17) is 10.5 Å². The summed E-state index contributed by atoms with van der Waals surface area (Å²) >= 11 is 0. The van der Waals surface area contributed by atoms with Crippen LogP contribution in [0, 0.1) is 5.92 Å². The Balaban J connectivity index is 1.97. The first-order chi connectivity index (χ1) is 9.33. The molecule has 106 valence electrons. The lowest BCUT2D eigenvalue weighted by atomic mass is 9.84. The Morgan fingerprint density at radius 3 is 3.05 bits per heavy atom. The van der Waals surface area contributed by atoms with Crippen LogP contribution in [0.2, 0.25) is 0 Å². The van der Waals surface area contributed by atoms with E-state index < -0.39 is 0 Å². The van der Waals surface area contributed by atoms with E-state index in [2.05, 4.69) is 22.2 Å². The molecule has 0 bridgehead atoms. The molecule has 0 amide bonds. The van der Waals surface area contributed by atoms with Gasteiger partial charge in [0.05, 0.1) is 6.61 Å². The van der Waals surface area contributed by atoms with Gasteiger partial charge in [-0.05, 0) is 31.7 Å². The maximum atomic E-state index is 5.84. The average molecular weight is 264 g/mol. The smallest absolute Gasteiger partial charge is 0.226 e. The Labute approximate surface area is 115 Å². The molecule has 0 spiro atoms. The van der Waals surface area contributed by atoms with Crippen molar-refractivity contribution in [2.24, 2.45) is 11.7 Å². The normalized spacial score (nSPS) is 23.1. The Morgan fingerprint density at radius 1 is 1.42 bits per heavy atom.